The molecule has 1 amide bonds. The highest BCUT2D eigenvalue weighted by Crippen LogP contribution is 2.13. The second-order valence-electron chi connectivity index (χ2n) is 3.85. The fourth-order valence-corrected chi connectivity index (χ4v) is 1.68. The van der Waals surface area contributed by atoms with Gasteiger partial charge in [0.25, 0.3) is 5.91 Å². The minimum absolute atomic E-state index is 0.0285. The zero-order valence-corrected chi connectivity index (χ0v) is 11.2. The summed E-state index contributed by atoms with van der Waals surface area (Å²) in [5.74, 6) is -0.0285. The number of nitrogens with zero attached hydrogens (tertiary/aromatic N) is 2. The van der Waals surface area contributed by atoms with Gasteiger partial charge in [-0.2, -0.15) is 0 Å². The van der Waals surface area contributed by atoms with Crippen LogP contribution in [0.1, 0.15) is 23.0 Å². The van der Waals surface area contributed by atoms with Crippen LogP contribution >= 0.6 is 11.6 Å². The van der Waals surface area contributed by atoms with Gasteiger partial charge < -0.3 is 10.2 Å². The first-order valence-corrected chi connectivity index (χ1v) is 6.02. The Kier molecular flexibility index (Phi) is 5.38. The van der Waals surface area contributed by atoms with Gasteiger partial charge in [-0.1, -0.05) is 18.5 Å². The number of rotatable bonds is 5. The molecule has 0 unspecified atom stereocenters. The van der Waals surface area contributed by atoms with Gasteiger partial charge in [-0.15, -0.1) is 0 Å². The molecule has 1 heterocycles. The first-order chi connectivity index (χ1) is 8.08. The SMILES string of the molecule is CCc1cc(C(=O)N(C)CCNC)cc(Cl)n1. The number of amides is 1. The van der Waals surface area contributed by atoms with Gasteiger partial charge in [0.05, 0.1) is 0 Å². The van der Waals surface area contributed by atoms with Crippen molar-refractivity contribution in [1.29, 1.82) is 0 Å². The predicted octanol–water partition coefficient (Wildman–Crippen LogP) is 1.59. The Morgan fingerprint density at radius 1 is 1.53 bits per heavy atom. The second-order valence-corrected chi connectivity index (χ2v) is 4.24. The molecule has 1 aromatic rings. The van der Waals surface area contributed by atoms with Crippen molar-refractivity contribution in [1.82, 2.24) is 15.2 Å². The van der Waals surface area contributed by atoms with Crippen molar-refractivity contribution in [3.8, 4) is 0 Å². The van der Waals surface area contributed by atoms with E-state index in [1.54, 1.807) is 24.1 Å². The molecule has 0 fully saturated rings. The predicted molar refractivity (Wildman–Crippen MR) is 69.5 cm³/mol. The van der Waals surface area contributed by atoms with Gasteiger partial charge >= 0.3 is 0 Å². The second kappa shape index (κ2) is 6.57. The van der Waals surface area contributed by atoms with Crippen molar-refractivity contribution in [3.63, 3.8) is 0 Å². The molecule has 17 heavy (non-hydrogen) atoms. The van der Waals surface area contributed by atoms with Crippen molar-refractivity contribution >= 4 is 17.5 Å². The fourth-order valence-electron chi connectivity index (χ4n) is 1.46. The van der Waals surface area contributed by atoms with Crippen LogP contribution in [0.15, 0.2) is 12.1 Å². The summed E-state index contributed by atoms with van der Waals surface area (Å²) in [6.45, 7) is 3.41. The standard InChI is InChI=1S/C12H18ClN3O/c1-4-10-7-9(8-11(13)15-10)12(17)16(3)6-5-14-2/h7-8,14H,4-6H2,1-3H3. The highest BCUT2D eigenvalue weighted by molar-refractivity contribution is 6.29. The summed E-state index contributed by atoms with van der Waals surface area (Å²) < 4.78 is 0. The summed E-state index contributed by atoms with van der Waals surface area (Å²) in [7, 11) is 3.64. The highest BCUT2D eigenvalue weighted by atomic mass is 35.5. The number of carbonyl (C=O) groups excluding carboxylic acids is 1. The van der Waals surface area contributed by atoms with Crippen molar-refractivity contribution in [2.45, 2.75) is 13.3 Å². The Morgan fingerprint density at radius 2 is 2.24 bits per heavy atom. The van der Waals surface area contributed by atoms with Crippen molar-refractivity contribution in [2.75, 3.05) is 27.2 Å². The van der Waals surface area contributed by atoms with Gasteiger partial charge in [-0.05, 0) is 25.6 Å². The quantitative estimate of drug-likeness (QED) is 0.813. The Hall–Kier alpha value is -1.13. The Labute approximate surface area is 107 Å². The van der Waals surface area contributed by atoms with Crippen LogP contribution in [0.3, 0.4) is 0 Å². The summed E-state index contributed by atoms with van der Waals surface area (Å²) >= 11 is 5.89. The molecule has 4 nitrogen and oxygen atoms in total. The molecule has 1 aromatic heterocycles. The average molecular weight is 256 g/mol. The Bertz CT molecular complexity index is 395. The lowest BCUT2D eigenvalue weighted by Gasteiger charge is -2.17. The van der Waals surface area contributed by atoms with E-state index in [9.17, 15) is 4.79 Å². The van der Waals surface area contributed by atoms with E-state index in [0.717, 1.165) is 18.7 Å². The van der Waals surface area contributed by atoms with Crippen LogP contribution in [0.2, 0.25) is 5.15 Å². The van der Waals surface area contributed by atoms with Gasteiger partial charge in [-0.25, -0.2) is 4.98 Å². The normalized spacial score (nSPS) is 10.4. The summed E-state index contributed by atoms with van der Waals surface area (Å²) in [5.41, 5.74) is 1.43. The molecular weight excluding hydrogens is 238 g/mol. The van der Waals surface area contributed by atoms with E-state index in [-0.39, 0.29) is 5.91 Å². The number of aryl methyl sites for hydroxylation is 1. The lowest BCUT2D eigenvalue weighted by molar-refractivity contribution is 0.0796. The molecule has 5 heteroatoms. The van der Waals surface area contributed by atoms with E-state index in [0.29, 0.717) is 17.3 Å². The number of aromatic nitrogens is 1. The fraction of sp³-hybridized carbons (Fsp3) is 0.500. The maximum Gasteiger partial charge on any atom is 0.253 e. The van der Waals surface area contributed by atoms with Crippen LogP contribution in [0.4, 0.5) is 0 Å². The summed E-state index contributed by atoms with van der Waals surface area (Å²) in [6.07, 6.45) is 0.765. The number of likely N-dealkylation sites (N-methyl/N-ethyl adjacent to an activating group) is 2. The van der Waals surface area contributed by atoms with E-state index < -0.39 is 0 Å². The van der Waals surface area contributed by atoms with Gasteiger partial charge in [0, 0.05) is 31.4 Å². The molecule has 0 saturated carbocycles. The van der Waals surface area contributed by atoms with E-state index in [1.807, 2.05) is 14.0 Å². The average Bonchev–Trinajstić information content (AvgIpc) is 2.34. The Balaban J connectivity index is 2.84. The zero-order valence-electron chi connectivity index (χ0n) is 10.5. The van der Waals surface area contributed by atoms with Crippen LogP contribution in [-0.2, 0) is 6.42 Å². The molecule has 0 aliphatic heterocycles. The van der Waals surface area contributed by atoms with Crippen LogP contribution in [0, 0.1) is 0 Å². The molecule has 0 radical (unpaired) electrons. The monoisotopic (exact) mass is 255 g/mol. The van der Waals surface area contributed by atoms with Crippen LogP contribution < -0.4 is 5.32 Å². The van der Waals surface area contributed by atoms with Crippen LogP contribution in [0.25, 0.3) is 0 Å². The number of halogens is 1. The molecule has 0 saturated heterocycles. The number of hydrogen-bond donors (Lipinski definition) is 1. The maximum atomic E-state index is 12.1. The molecule has 1 N–H and O–H groups in total. The van der Waals surface area contributed by atoms with Gasteiger partial charge in [0.1, 0.15) is 5.15 Å². The van der Waals surface area contributed by atoms with E-state index >= 15 is 0 Å². The highest BCUT2D eigenvalue weighted by Gasteiger charge is 2.13. The summed E-state index contributed by atoms with van der Waals surface area (Å²) in [4.78, 5) is 17.9. The molecule has 0 atom stereocenters. The minimum Gasteiger partial charge on any atom is -0.340 e. The third-order valence-corrected chi connectivity index (χ3v) is 2.69. The minimum atomic E-state index is -0.0285. The molecule has 0 bridgehead atoms. The molecular formula is C12H18ClN3O. The van der Waals surface area contributed by atoms with Crippen molar-refractivity contribution in [2.24, 2.45) is 0 Å². The van der Waals surface area contributed by atoms with Crippen LogP contribution in [0.5, 0.6) is 0 Å². The van der Waals surface area contributed by atoms with Gasteiger partial charge in [0.2, 0.25) is 0 Å². The molecule has 0 spiro atoms. The molecule has 0 aliphatic rings. The largest absolute Gasteiger partial charge is 0.340 e. The molecule has 94 valence electrons. The van der Waals surface area contributed by atoms with Crippen molar-refractivity contribution < 1.29 is 4.79 Å². The number of pyridine rings is 1. The van der Waals surface area contributed by atoms with E-state index in [1.165, 1.54) is 0 Å². The first kappa shape index (κ1) is 13.9. The van der Waals surface area contributed by atoms with E-state index in [2.05, 4.69) is 10.3 Å². The third-order valence-electron chi connectivity index (χ3n) is 2.50. The number of carbonyl (C=O) groups is 1. The molecule has 0 aromatic carbocycles. The first-order valence-electron chi connectivity index (χ1n) is 5.65. The topological polar surface area (TPSA) is 45.2 Å². The summed E-state index contributed by atoms with van der Waals surface area (Å²) in [6, 6.07) is 3.41. The smallest absolute Gasteiger partial charge is 0.253 e. The zero-order chi connectivity index (χ0) is 12.8. The summed E-state index contributed by atoms with van der Waals surface area (Å²) in [5, 5.41) is 3.38. The van der Waals surface area contributed by atoms with Crippen LogP contribution in [-0.4, -0.2) is 43.0 Å². The lowest BCUT2D eigenvalue weighted by Crippen LogP contribution is -2.32. The Morgan fingerprint density at radius 3 is 2.82 bits per heavy atom. The third kappa shape index (κ3) is 3.98. The van der Waals surface area contributed by atoms with Crippen molar-refractivity contribution in [3.05, 3.63) is 28.5 Å². The van der Waals surface area contributed by atoms with Gasteiger partial charge in [-0.3, -0.25) is 4.79 Å². The maximum absolute atomic E-state index is 12.1. The molecule has 0 aliphatic carbocycles. The van der Waals surface area contributed by atoms with E-state index in [4.69, 9.17) is 11.6 Å². The molecule has 1 rings (SSSR count). The van der Waals surface area contributed by atoms with Gasteiger partial charge in [0.15, 0.2) is 0 Å². The lowest BCUT2D eigenvalue weighted by atomic mass is 10.2. The number of hydrogen-bond acceptors (Lipinski definition) is 3. The number of nitrogens with one attached hydrogen (secondary N) is 1.